The minimum absolute atomic E-state index is 0.0380. The second-order valence-electron chi connectivity index (χ2n) is 6.96. The number of nitrogens with zero attached hydrogens (tertiary/aromatic N) is 4. The number of methoxy groups -OCH3 is 1. The highest BCUT2D eigenvalue weighted by Gasteiger charge is 2.31. The summed E-state index contributed by atoms with van der Waals surface area (Å²) in [4.78, 5) is 24.5. The van der Waals surface area contributed by atoms with Crippen LogP contribution in [0.1, 0.15) is 6.42 Å². The van der Waals surface area contributed by atoms with E-state index in [0.29, 0.717) is 50.7 Å². The Kier molecular flexibility index (Phi) is 5.38. The van der Waals surface area contributed by atoms with Gasteiger partial charge >= 0.3 is 0 Å². The lowest BCUT2D eigenvalue weighted by molar-refractivity contribution is -0.135. The number of anilines is 1. The molecule has 28 heavy (non-hydrogen) atoms. The first-order valence-corrected chi connectivity index (χ1v) is 9.44. The van der Waals surface area contributed by atoms with Crippen LogP contribution in [0.5, 0.6) is 5.75 Å². The summed E-state index contributed by atoms with van der Waals surface area (Å²) in [6.07, 6.45) is 2.16. The Balaban J connectivity index is 1.47. The second-order valence-corrected chi connectivity index (χ2v) is 6.96. The number of carbonyl (C=O) groups is 1. The molecule has 2 aliphatic heterocycles. The fraction of sp³-hybridized carbons (Fsp3) is 0.450. The van der Waals surface area contributed by atoms with E-state index >= 15 is 4.39 Å². The quantitative estimate of drug-likeness (QED) is 0.801. The van der Waals surface area contributed by atoms with Crippen molar-refractivity contribution in [2.24, 2.45) is 5.92 Å². The van der Waals surface area contributed by atoms with Crippen molar-refractivity contribution in [3.05, 3.63) is 36.4 Å². The fourth-order valence-corrected chi connectivity index (χ4v) is 3.66. The molecule has 148 valence electrons. The SMILES string of the molecule is COc1ccc(-c2ncnc(N3CCN(C(=O)C4CCOC4)CC3)c2F)cc1. The van der Waals surface area contributed by atoms with E-state index in [1.807, 2.05) is 9.80 Å². The first-order chi connectivity index (χ1) is 13.7. The predicted octanol–water partition coefficient (Wildman–Crippen LogP) is 1.98. The molecular weight excluding hydrogens is 363 g/mol. The standard InChI is InChI=1S/C20H23FN4O3/c1-27-16-4-2-14(3-5-16)18-17(21)19(23-13-22-18)24-7-9-25(10-8-24)20(26)15-6-11-28-12-15/h2-5,13,15H,6-12H2,1H3. The lowest BCUT2D eigenvalue weighted by Crippen LogP contribution is -2.51. The maximum absolute atomic E-state index is 15.1. The Hall–Kier alpha value is -2.74. The van der Waals surface area contributed by atoms with Gasteiger partial charge in [0.25, 0.3) is 0 Å². The molecule has 1 atom stereocenters. The second kappa shape index (κ2) is 8.10. The summed E-state index contributed by atoms with van der Waals surface area (Å²) in [6, 6.07) is 7.09. The van der Waals surface area contributed by atoms with Crippen LogP contribution in [-0.2, 0) is 9.53 Å². The third-order valence-corrected chi connectivity index (χ3v) is 5.30. The van der Waals surface area contributed by atoms with Crippen LogP contribution in [0.4, 0.5) is 10.2 Å². The van der Waals surface area contributed by atoms with Crippen molar-refractivity contribution in [3.63, 3.8) is 0 Å². The minimum atomic E-state index is -0.448. The van der Waals surface area contributed by atoms with Gasteiger partial charge in [-0.3, -0.25) is 4.79 Å². The highest BCUT2D eigenvalue weighted by molar-refractivity contribution is 5.79. The molecule has 0 aliphatic carbocycles. The zero-order valence-corrected chi connectivity index (χ0v) is 15.8. The molecule has 0 saturated carbocycles. The van der Waals surface area contributed by atoms with E-state index in [4.69, 9.17) is 9.47 Å². The van der Waals surface area contributed by atoms with Crippen molar-refractivity contribution < 1.29 is 18.7 Å². The van der Waals surface area contributed by atoms with Crippen LogP contribution in [0.3, 0.4) is 0 Å². The minimum Gasteiger partial charge on any atom is -0.497 e. The maximum Gasteiger partial charge on any atom is 0.228 e. The number of benzene rings is 1. The van der Waals surface area contributed by atoms with Crippen molar-refractivity contribution in [2.45, 2.75) is 6.42 Å². The van der Waals surface area contributed by atoms with Crippen LogP contribution in [0.2, 0.25) is 0 Å². The first-order valence-electron chi connectivity index (χ1n) is 9.44. The van der Waals surface area contributed by atoms with Gasteiger partial charge in [0.1, 0.15) is 17.8 Å². The van der Waals surface area contributed by atoms with Crippen LogP contribution < -0.4 is 9.64 Å². The molecule has 0 radical (unpaired) electrons. The van der Waals surface area contributed by atoms with E-state index in [2.05, 4.69) is 9.97 Å². The lowest BCUT2D eigenvalue weighted by atomic mass is 10.1. The van der Waals surface area contributed by atoms with Crippen molar-refractivity contribution >= 4 is 11.7 Å². The van der Waals surface area contributed by atoms with Crippen molar-refractivity contribution in [2.75, 3.05) is 51.4 Å². The molecule has 0 spiro atoms. The van der Waals surface area contributed by atoms with E-state index in [1.54, 1.807) is 31.4 Å². The van der Waals surface area contributed by atoms with Gasteiger partial charge in [-0.05, 0) is 30.7 Å². The molecule has 2 aliphatic rings. The van der Waals surface area contributed by atoms with Gasteiger partial charge in [0.2, 0.25) is 5.91 Å². The van der Waals surface area contributed by atoms with Gasteiger partial charge in [-0.2, -0.15) is 0 Å². The van der Waals surface area contributed by atoms with Crippen LogP contribution in [0.25, 0.3) is 11.3 Å². The number of aromatic nitrogens is 2. The third kappa shape index (κ3) is 3.64. The number of carbonyl (C=O) groups excluding carboxylic acids is 1. The number of ether oxygens (including phenoxy) is 2. The highest BCUT2D eigenvalue weighted by Crippen LogP contribution is 2.28. The summed E-state index contributed by atoms with van der Waals surface area (Å²) in [5, 5.41) is 0. The zero-order chi connectivity index (χ0) is 19.5. The van der Waals surface area contributed by atoms with Gasteiger partial charge < -0.3 is 19.3 Å². The monoisotopic (exact) mass is 386 g/mol. The molecule has 1 amide bonds. The Bertz CT molecular complexity index is 832. The van der Waals surface area contributed by atoms with Gasteiger partial charge in [0, 0.05) is 38.3 Å². The smallest absolute Gasteiger partial charge is 0.228 e. The normalized spacial score (nSPS) is 19.7. The van der Waals surface area contributed by atoms with Crippen LogP contribution in [-0.4, -0.2) is 67.3 Å². The molecule has 8 heteroatoms. The van der Waals surface area contributed by atoms with Gasteiger partial charge in [-0.25, -0.2) is 14.4 Å². The topological polar surface area (TPSA) is 67.8 Å². The molecule has 1 aromatic heterocycles. The predicted molar refractivity (Wildman–Crippen MR) is 102 cm³/mol. The molecule has 2 saturated heterocycles. The lowest BCUT2D eigenvalue weighted by Gasteiger charge is -2.36. The summed E-state index contributed by atoms with van der Waals surface area (Å²) in [6.45, 7) is 3.33. The number of piperazine rings is 1. The van der Waals surface area contributed by atoms with E-state index in [9.17, 15) is 4.79 Å². The highest BCUT2D eigenvalue weighted by atomic mass is 19.1. The summed E-state index contributed by atoms with van der Waals surface area (Å²) in [7, 11) is 1.59. The number of halogens is 1. The summed E-state index contributed by atoms with van der Waals surface area (Å²) >= 11 is 0. The van der Waals surface area contributed by atoms with Crippen LogP contribution in [0.15, 0.2) is 30.6 Å². The van der Waals surface area contributed by atoms with E-state index in [0.717, 1.165) is 6.42 Å². The Labute approximate surface area is 163 Å². The van der Waals surface area contributed by atoms with Crippen LogP contribution >= 0.6 is 0 Å². The van der Waals surface area contributed by atoms with Crippen LogP contribution in [0, 0.1) is 11.7 Å². The fourth-order valence-electron chi connectivity index (χ4n) is 3.66. The average molecular weight is 386 g/mol. The summed E-state index contributed by atoms with van der Waals surface area (Å²) < 4.78 is 25.6. The number of hydrogen-bond donors (Lipinski definition) is 0. The number of hydrogen-bond acceptors (Lipinski definition) is 6. The van der Waals surface area contributed by atoms with Crippen molar-refractivity contribution in [1.29, 1.82) is 0 Å². The molecule has 7 nitrogen and oxygen atoms in total. The number of rotatable bonds is 4. The van der Waals surface area contributed by atoms with Crippen molar-refractivity contribution in [3.8, 4) is 17.0 Å². The number of amides is 1. The summed E-state index contributed by atoms with van der Waals surface area (Å²) in [5.41, 5.74) is 0.922. The first kappa shape index (κ1) is 18.6. The third-order valence-electron chi connectivity index (χ3n) is 5.30. The average Bonchev–Trinajstić information content (AvgIpc) is 3.29. The van der Waals surface area contributed by atoms with E-state index in [-0.39, 0.29) is 23.3 Å². The molecule has 0 bridgehead atoms. The molecule has 4 rings (SSSR count). The molecule has 1 unspecified atom stereocenters. The van der Waals surface area contributed by atoms with E-state index in [1.165, 1.54) is 6.33 Å². The molecule has 3 heterocycles. The molecular formula is C20H23FN4O3. The zero-order valence-electron chi connectivity index (χ0n) is 15.8. The van der Waals surface area contributed by atoms with E-state index < -0.39 is 5.82 Å². The van der Waals surface area contributed by atoms with Gasteiger partial charge in [-0.1, -0.05) is 0 Å². The Morgan fingerprint density at radius 2 is 1.93 bits per heavy atom. The van der Waals surface area contributed by atoms with Gasteiger partial charge in [0.05, 0.1) is 19.6 Å². The maximum atomic E-state index is 15.1. The van der Waals surface area contributed by atoms with Gasteiger partial charge in [-0.15, -0.1) is 0 Å². The summed E-state index contributed by atoms with van der Waals surface area (Å²) in [5.74, 6) is 0.629. The Morgan fingerprint density at radius 3 is 2.57 bits per heavy atom. The molecule has 2 aromatic rings. The van der Waals surface area contributed by atoms with Crippen molar-refractivity contribution in [1.82, 2.24) is 14.9 Å². The van der Waals surface area contributed by atoms with Gasteiger partial charge in [0.15, 0.2) is 11.6 Å². The Morgan fingerprint density at radius 1 is 1.18 bits per heavy atom. The largest absolute Gasteiger partial charge is 0.497 e. The molecule has 0 N–H and O–H groups in total. The molecule has 2 fully saturated rings. The molecule has 1 aromatic carbocycles.